The van der Waals surface area contributed by atoms with Gasteiger partial charge in [0.15, 0.2) is 17.4 Å². The molecule has 10 heterocycles. The third kappa shape index (κ3) is 9.78. The number of anilines is 2. The number of nitrogens with zero attached hydrogens (tertiary/aromatic N) is 13. The fourth-order valence-electron chi connectivity index (χ4n) is 9.75. The van der Waals surface area contributed by atoms with E-state index in [1.165, 1.54) is 17.8 Å². The molecule has 0 amide bonds. The number of aromatic nitrogens is 12. The lowest BCUT2D eigenvalue weighted by molar-refractivity contribution is 0.0898. The van der Waals surface area contributed by atoms with Crippen LogP contribution in [0.3, 0.4) is 0 Å². The van der Waals surface area contributed by atoms with Gasteiger partial charge in [-0.05, 0) is 62.2 Å². The van der Waals surface area contributed by atoms with Crippen molar-refractivity contribution >= 4 is 89.9 Å². The highest BCUT2D eigenvalue weighted by molar-refractivity contribution is 6.84. The van der Waals surface area contributed by atoms with Gasteiger partial charge in [0.2, 0.25) is 0 Å². The third-order valence-electron chi connectivity index (χ3n) is 13.8. The van der Waals surface area contributed by atoms with Crippen LogP contribution in [0.15, 0.2) is 120 Å². The second kappa shape index (κ2) is 20.4. The predicted octanol–water partition coefficient (Wildman–Crippen LogP) is 9.94. The van der Waals surface area contributed by atoms with Gasteiger partial charge < -0.3 is 24.1 Å². The summed E-state index contributed by atoms with van der Waals surface area (Å²) in [6.07, 6.45) is 11.8. The molecular weight excluding hydrogens is 1050 g/mol. The number of nitrogens with one attached hydrogen (secondary N) is 1. The maximum atomic E-state index is 13.9. The number of hydrogen-bond donors (Lipinski definition) is 1. The quantitative estimate of drug-likeness (QED) is 0.0530. The molecule has 8 aromatic heterocycles. The van der Waals surface area contributed by atoms with E-state index in [9.17, 15) is 14.4 Å². The molecule has 0 unspecified atom stereocenters. The number of H-pyrrole nitrogens is 1. The van der Waals surface area contributed by atoms with Crippen LogP contribution in [0, 0.1) is 11.5 Å². The monoisotopic (exact) mass is 1100 g/mol. The molecule has 77 heavy (non-hydrogen) atoms. The number of carbonyl (C=O) groups excluding carboxylic acids is 1. The molecule has 10 aromatic rings. The van der Waals surface area contributed by atoms with E-state index in [0.717, 1.165) is 53.5 Å². The highest BCUT2D eigenvalue weighted by Crippen LogP contribution is 2.42. The van der Waals surface area contributed by atoms with Gasteiger partial charge >= 0.3 is 0 Å². The molecule has 2 aliphatic rings. The van der Waals surface area contributed by atoms with Gasteiger partial charge in [0.1, 0.15) is 61.4 Å². The first-order valence-electron chi connectivity index (χ1n) is 25.5. The van der Waals surface area contributed by atoms with E-state index in [4.69, 9.17) is 48.1 Å². The molecule has 0 radical (unpaired) electrons. The molecule has 22 heteroatoms. The molecule has 392 valence electrons. The molecule has 0 aliphatic carbocycles. The van der Waals surface area contributed by atoms with Crippen molar-refractivity contribution in [3.63, 3.8) is 0 Å². The molecule has 0 bridgehead atoms. The third-order valence-corrected chi connectivity index (χ3v) is 17.0. The van der Waals surface area contributed by atoms with E-state index in [2.05, 4.69) is 75.5 Å². The maximum Gasteiger partial charge on any atom is 0.284 e. The van der Waals surface area contributed by atoms with Crippen LogP contribution in [0.2, 0.25) is 55.4 Å². The SMILES string of the molecule is CC(=O)c1c[nH]c2ncnc(N3CC[C@H]3c3nn4ccc(Cl)c4c(=O)n3-c3ccccc3)c12.C[Si](C)(C)C#Cc1cn(COCC[Si](C)(C)C)c2ncnc(N3CC[C@H]3c3nn4ccc(Cl)c4c(=O)n3-c3ccccc3)c12. The molecule has 2 atom stereocenters. The van der Waals surface area contributed by atoms with Crippen molar-refractivity contribution in [1.29, 1.82) is 0 Å². The number of hydrogen-bond acceptors (Lipinski definition) is 12. The second-order valence-corrected chi connectivity index (χ2v) is 32.7. The number of fused-ring (bicyclic) bond motifs is 4. The summed E-state index contributed by atoms with van der Waals surface area (Å²) in [7, 11) is -2.88. The smallest absolute Gasteiger partial charge is 0.284 e. The first-order valence-corrected chi connectivity index (χ1v) is 33.4. The van der Waals surface area contributed by atoms with E-state index < -0.39 is 16.1 Å². The maximum absolute atomic E-state index is 13.9. The highest BCUT2D eigenvalue weighted by Gasteiger charge is 2.39. The molecule has 2 fully saturated rings. The molecular formula is C55H56Cl2N14O4Si2. The minimum Gasteiger partial charge on any atom is -0.361 e. The summed E-state index contributed by atoms with van der Waals surface area (Å²) in [6, 6.07) is 23.0. The van der Waals surface area contributed by atoms with Crippen LogP contribution in [0.25, 0.3) is 44.5 Å². The number of benzene rings is 2. The standard InChI is InChI=1S/C32H38ClN7O2Si2.C23H18ClN7O2/c1-43(2,3)18-14-23-20-37(22-42-17-19-44(4,5)6)30-27(23)31(35-21-34-30)38-15-13-26(38)29-36-39-16-12-25(33)28(39)32(41)40(29)24-10-8-7-9-11-24;1-13(32)15-11-25-20-18(15)22(27-12-26-20)29-9-8-17(29)21-28-30-10-7-16(24)19(30)23(33)31(21)14-5-3-2-4-6-14/h7-12,16,20-21,26H,13,15,17,19,22H2,1-6H3;2-7,10-12,17H,8-9H2,1H3,(H,25,26,27)/t26-;17-/m00/s1. The molecule has 0 saturated carbocycles. The number of ether oxygens (including phenoxy) is 1. The van der Waals surface area contributed by atoms with E-state index in [1.54, 1.807) is 50.7 Å². The number of para-hydroxylation sites is 2. The van der Waals surface area contributed by atoms with E-state index in [1.807, 2.05) is 71.4 Å². The minimum atomic E-state index is -1.66. The lowest BCUT2D eigenvalue weighted by Crippen LogP contribution is -2.45. The van der Waals surface area contributed by atoms with Gasteiger partial charge in [-0.15, -0.1) is 5.54 Å². The average molecular weight is 1100 g/mol. The number of aromatic amines is 1. The van der Waals surface area contributed by atoms with Gasteiger partial charge in [-0.25, -0.2) is 29.0 Å². The van der Waals surface area contributed by atoms with Crippen LogP contribution in [-0.4, -0.2) is 99.5 Å². The Morgan fingerprint density at radius 2 is 1.26 bits per heavy atom. The molecule has 2 aliphatic heterocycles. The topological polar surface area (TPSA) is 184 Å². The van der Waals surface area contributed by atoms with Crippen LogP contribution < -0.4 is 20.9 Å². The number of halogens is 2. The van der Waals surface area contributed by atoms with Crippen molar-refractivity contribution in [2.75, 3.05) is 29.5 Å². The van der Waals surface area contributed by atoms with Crippen molar-refractivity contribution in [2.24, 2.45) is 0 Å². The first kappa shape index (κ1) is 51.4. The Morgan fingerprint density at radius 1 is 0.727 bits per heavy atom. The summed E-state index contributed by atoms with van der Waals surface area (Å²) in [5, 5.41) is 12.0. The van der Waals surface area contributed by atoms with Crippen LogP contribution in [-0.2, 0) is 11.5 Å². The fraction of sp³-hybridized carbons (Fsp3) is 0.291. The largest absolute Gasteiger partial charge is 0.361 e. The van der Waals surface area contributed by atoms with Crippen LogP contribution >= 0.6 is 23.2 Å². The Morgan fingerprint density at radius 3 is 1.75 bits per heavy atom. The lowest BCUT2D eigenvalue weighted by Gasteiger charge is -2.42. The Kier molecular flexibility index (Phi) is 13.6. The van der Waals surface area contributed by atoms with Crippen molar-refractivity contribution in [1.82, 2.24) is 57.8 Å². The molecule has 1 N–H and O–H groups in total. The Balaban J connectivity index is 0.000000170. The van der Waals surface area contributed by atoms with E-state index in [0.29, 0.717) is 80.7 Å². The lowest BCUT2D eigenvalue weighted by atomic mass is 10.0. The van der Waals surface area contributed by atoms with Gasteiger partial charge in [-0.2, -0.15) is 10.2 Å². The van der Waals surface area contributed by atoms with E-state index >= 15 is 0 Å². The van der Waals surface area contributed by atoms with Gasteiger partial charge in [0, 0.05) is 58.1 Å². The summed E-state index contributed by atoms with van der Waals surface area (Å²) in [5.74, 6) is 6.03. The number of ketones is 1. The number of rotatable bonds is 12. The van der Waals surface area contributed by atoms with Crippen molar-refractivity contribution in [3.05, 3.63) is 164 Å². The first-order chi connectivity index (χ1) is 37.0. The Bertz CT molecular complexity index is 4090. The summed E-state index contributed by atoms with van der Waals surface area (Å²) in [4.78, 5) is 65.3. The summed E-state index contributed by atoms with van der Waals surface area (Å²) in [6.45, 7) is 17.8. The van der Waals surface area contributed by atoms with Crippen LogP contribution in [0.4, 0.5) is 11.6 Å². The summed E-state index contributed by atoms with van der Waals surface area (Å²) < 4.78 is 14.6. The van der Waals surface area contributed by atoms with Crippen molar-refractivity contribution < 1.29 is 9.53 Å². The second-order valence-electron chi connectivity index (χ2n) is 21.5. The van der Waals surface area contributed by atoms with Gasteiger partial charge in [0.05, 0.1) is 49.8 Å². The van der Waals surface area contributed by atoms with Crippen LogP contribution in [0.1, 0.15) is 59.4 Å². The van der Waals surface area contributed by atoms with Crippen molar-refractivity contribution in [3.8, 4) is 22.8 Å². The molecule has 2 aromatic carbocycles. The predicted molar refractivity (Wildman–Crippen MR) is 307 cm³/mol. The summed E-state index contributed by atoms with van der Waals surface area (Å²) >= 11 is 12.7. The number of Topliss-reactive ketones (excluding diaryl/α,β-unsaturated/α-hetero) is 1. The average Bonchev–Trinajstić information content (AvgIpc) is 4.17. The van der Waals surface area contributed by atoms with E-state index in [-0.39, 0.29) is 29.0 Å². The van der Waals surface area contributed by atoms with Gasteiger partial charge in [0.25, 0.3) is 11.1 Å². The fourth-order valence-corrected chi connectivity index (χ4v) is 11.5. The zero-order chi connectivity index (χ0) is 53.9. The van der Waals surface area contributed by atoms with Crippen LogP contribution in [0.5, 0.6) is 0 Å². The normalized spacial score (nSPS) is 15.6. The summed E-state index contributed by atoms with van der Waals surface area (Å²) in [5.41, 5.74) is 8.00. The Hall–Kier alpha value is -7.68. The Labute approximate surface area is 454 Å². The molecule has 18 nitrogen and oxygen atoms in total. The minimum absolute atomic E-state index is 0.0721. The zero-order valence-electron chi connectivity index (χ0n) is 43.7. The number of carbonyl (C=O) groups is 1. The van der Waals surface area contributed by atoms with Crippen molar-refractivity contribution in [2.45, 2.75) is 83.9 Å². The molecule has 12 rings (SSSR count). The highest BCUT2D eigenvalue weighted by atomic mass is 35.5. The van der Waals surface area contributed by atoms with Gasteiger partial charge in [-0.1, -0.05) is 105 Å². The molecule has 0 spiro atoms. The molecule has 2 saturated heterocycles. The van der Waals surface area contributed by atoms with Gasteiger partial charge in [-0.3, -0.25) is 23.5 Å². The zero-order valence-corrected chi connectivity index (χ0v) is 47.2.